The number of Topliss-reactive ketones (excluding diaryl/α,β-unsaturated/α-hetero) is 1. The van der Waals surface area contributed by atoms with Crippen molar-refractivity contribution in [2.24, 2.45) is 0 Å². The Kier molecular flexibility index (Phi) is 4.50. The van der Waals surface area contributed by atoms with Crippen LogP contribution in [0.1, 0.15) is 28.9 Å². The minimum atomic E-state index is -0.371. The lowest BCUT2D eigenvalue weighted by Gasteiger charge is -2.16. The van der Waals surface area contributed by atoms with Gasteiger partial charge in [0.2, 0.25) is 11.8 Å². The number of ketones is 1. The fraction of sp³-hybridized carbons (Fsp3) is 0.353. The summed E-state index contributed by atoms with van der Waals surface area (Å²) in [7, 11) is 0. The van der Waals surface area contributed by atoms with Crippen LogP contribution in [0.2, 0.25) is 0 Å². The van der Waals surface area contributed by atoms with Gasteiger partial charge >= 0.3 is 0 Å². The molecule has 1 aliphatic rings. The maximum Gasteiger partial charge on any atom is 0.228 e. The molecule has 0 atom stereocenters. The van der Waals surface area contributed by atoms with E-state index < -0.39 is 0 Å². The first-order valence-electron chi connectivity index (χ1n) is 7.64. The van der Waals surface area contributed by atoms with E-state index in [1.807, 2.05) is 6.92 Å². The molecule has 1 aliphatic heterocycles. The Bertz CT molecular complexity index is 697. The molecule has 0 bridgehead atoms. The van der Waals surface area contributed by atoms with Gasteiger partial charge in [0, 0.05) is 30.4 Å². The molecule has 0 aliphatic carbocycles. The van der Waals surface area contributed by atoms with Crippen LogP contribution < -0.4 is 9.64 Å². The van der Waals surface area contributed by atoms with Gasteiger partial charge in [-0.25, -0.2) is 9.37 Å². The number of anilines is 1. The molecule has 0 spiro atoms. The molecule has 0 radical (unpaired) electrons. The van der Waals surface area contributed by atoms with Gasteiger partial charge in [0.05, 0.1) is 0 Å². The highest BCUT2D eigenvalue weighted by molar-refractivity contribution is 5.97. The molecule has 0 saturated carbocycles. The smallest absolute Gasteiger partial charge is 0.228 e. The third kappa shape index (κ3) is 3.83. The minimum absolute atomic E-state index is 0.137. The summed E-state index contributed by atoms with van der Waals surface area (Å²) >= 11 is 0. The number of carbonyl (C=O) groups excluding carboxylic acids is 1. The Morgan fingerprint density at radius 2 is 1.91 bits per heavy atom. The Labute approximate surface area is 134 Å². The van der Waals surface area contributed by atoms with Crippen molar-refractivity contribution in [1.82, 2.24) is 9.97 Å². The molecule has 2 aromatic rings. The summed E-state index contributed by atoms with van der Waals surface area (Å²) in [5.41, 5.74) is 1.21. The maximum atomic E-state index is 12.9. The van der Waals surface area contributed by atoms with Gasteiger partial charge in [-0.1, -0.05) is 0 Å². The standard InChI is InChI=1S/C17H18FN3O2/c1-12-10-16(20-17(19-12)21-8-2-3-9-21)23-11-15(22)13-4-6-14(18)7-5-13/h4-7,10H,2-3,8-9,11H2,1H3. The van der Waals surface area contributed by atoms with Gasteiger partial charge in [0.15, 0.2) is 12.4 Å². The molecule has 6 heteroatoms. The molecule has 5 nitrogen and oxygen atoms in total. The summed E-state index contributed by atoms with van der Waals surface area (Å²) in [6, 6.07) is 7.11. The van der Waals surface area contributed by atoms with E-state index in [1.165, 1.54) is 24.3 Å². The largest absolute Gasteiger partial charge is 0.469 e. The number of carbonyl (C=O) groups is 1. The van der Waals surface area contributed by atoms with Crippen molar-refractivity contribution in [3.8, 4) is 5.88 Å². The average Bonchev–Trinajstić information content (AvgIpc) is 3.07. The Balaban J connectivity index is 1.67. The van der Waals surface area contributed by atoms with Gasteiger partial charge in [0.1, 0.15) is 5.82 Å². The lowest BCUT2D eigenvalue weighted by atomic mass is 10.1. The molecule has 0 N–H and O–H groups in total. The predicted octanol–water partition coefficient (Wildman–Crippen LogP) is 2.79. The van der Waals surface area contributed by atoms with Crippen LogP contribution >= 0.6 is 0 Å². The number of rotatable bonds is 5. The fourth-order valence-corrected chi connectivity index (χ4v) is 2.52. The summed E-state index contributed by atoms with van der Waals surface area (Å²) in [5, 5.41) is 0. The van der Waals surface area contributed by atoms with Crippen LogP contribution in [0.4, 0.5) is 10.3 Å². The van der Waals surface area contributed by atoms with Crippen molar-refractivity contribution in [1.29, 1.82) is 0 Å². The Hall–Kier alpha value is -2.50. The number of hydrogen-bond donors (Lipinski definition) is 0. The zero-order valence-electron chi connectivity index (χ0n) is 13.0. The first-order valence-corrected chi connectivity index (χ1v) is 7.64. The second-order valence-corrected chi connectivity index (χ2v) is 5.56. The average molecular weight is 315 g/mol. The van der Waals surface area contributed by atoms with E-state index in [-0.39, 0.29) is 18.2 Å². The second kappa shape index (κ2) is 6.73. The van der Waals surface area contributed by atoms with E-state index in [0.717, 1.165) is 31.6 Å². The number of nitrogens with zero attached hydrogens (tertiary/aromatic N) is 3. The molecular formula is C17H18FN3O2. The van der Waals surface area contributed by atoms with Crippen molar-refractivity contribution in [3.05, 3.63) is 47.4 Å². The third-order valence-electron chi connectivity index (χ3n) is 3.73. The highest BCUT2D eigenvalue weighted by Crippen LogP contribution is 2.19. The highest BCUT2D eigenvalue weighted by atomic mass is 19.1. The monoisotopic (exact) mass is 315 g/mol. The lowest BCUT2D eigenvalue weighted by Crippen LogP contribution is -2.21. The summed E-state index contributed by atoms with van der Waals surface area (Å²) in [5.74, 6) is 0.440. The van der Waals surface area contributed by atoms with E-state index in [0.29, 0.717) is 17.4 Å². The van der Waals surface area contributed by atoms with Gasteiger partial charge in [-0.15, -0.1) is 0 Å². The molecule has 2 heterocycles. The van der Waals surface area contributed by atoms with E-state index in [2.05, 4.69) is 14.9 Å². The molecule has 1 aromatic heterocycles. The predicted molar refractivity (Wildman–Crippen MR) is 84.4 cm³/mol. The van der Waals surface area contributed by atoms with Crippen LogP contribution in [0.5, 0.6) is 5.88 Å². The molecule has 23 heavy (non-hydrogen) atoms. The summed E-state index contributed by atoms with van der Waals surface area (Å²) < 4.78 is 18.4. The summed E-state index contributed by atoms with van der Waals surface area (Å²) in [4.78, 5) is 23.0. The van der Waals surface area contributed by atoms with Crippen LogP contribution in [0, 0.1) is 12.7 Å². The van der Waals surface area contributed by atoms with Gasteiger partial charge in [0.25, 0.3) is 0 Å². The van der Waals surface area contributed by atoms with Gasteiger partial charge < -0.3 is 9.64 Å². The quantitative estimate of drug-likeness (QED) is 0.794. The maximum absolute atomic E-state index is 12.9. The van der Waals surface area contributed by atoms with Crippen LogP contribution in [-0.4, -0.2) is 35.4 Å². The van der Waals surface area contributed by atoms with Crippen LogP contribution in [-0.2, 0) is 0 Å². The van der Waals surface area contributed by atoms with Crippen LogP contribution in [0.25, 0.3) is 0 Å². The number of aromatic nitrogens is 2. The van der Waals surface area contributed by atoms with E-state index in [9.17, 15) is 9.18 Å². The minimum Gasteiger partial charge on any atom is -0.469 e. The third-order valence-corrected chi connectivity index (χ3v) is 3.73. The number of benzene rings is 1. The number of hydrogen-bond acceptors (Lipinski definition) is 5. The summed E-state index contributed by atoms with van der Waals surface area (Å²) in [6.07, 6.45) is 2.27. The van der Waals surface area contributed by atoms with Crippen molar-refractivity contribution in [3.63, 3.8) is 0 Å². The summed E-state index contributed by atoms with van der Waals surface area (Å²) in [6.45, 7) is 3.62. The zero-order chi connectivity index (χ0) is 16.2. The molecule has 120 valence electrons. The molecule has 3 rings (SSSR count). The fourth-order valence-electron chi connectivity index (χ4n) is 2.52. The first-order chi connectivity index (χ1) is 11.1. The molecule has 1 aromatic carbocycles. The number of ether oxygens (including phenoxy) is 1. The van der Waals surface area contributed by atoms with Gasteiger partial charge in [-0.3, -0.25) is 4.79 Å². The molecule has 0 unspecified atom stereocenters. The van der Waals surface area contributed by atoms with Crippen molar-refractivity contribution in [2.45, 2.75) is 19.8 Å². The van der Waals surface area contributed by atoms with Crippen molar-refractivity contribution in [2.75, 3.05) is 24.6 Å². The van der Waals surface area contributed by atoms with Crippen LogP contribution in [0.15, 0.2) is 30.3 Å². The van der Waals surface area contributed by atoms with E-state index >= 15 is 0 Å². The number of halogens is 1. The molecular weight excluding hydrogens is 297 g/mol. The Morgan fingerprint density at radius 1 is 1.22 bits per heavy atom. The number of aryl methyl sites for hydroxylation is 1. The van der Waals surface area contributed by atoms with Gasteiger partial charge in [-0.2, -0.15) is 4.98 Å². The normalized spacial score (nSPS) is 14.1. The van der Waals surface area contributed by atoms with Crippen molar-refractivity contribution < 1.29 is 13.9 Å². The highest BCUT2D eigenvalue weighted by Gasteiger charge is 2.16. The van der Waals surface area contributed by atoms with E-state index in [4.69, 9.17) is 4.74 Å². The SMILES string of the molecule is Cc1cc(OCC(=O)c2ccc(F)cc2)nc(N2CCCC2)n1. The molecule has 1 saturated heterocycles. The zero-order valence-corrected chi connectivity index (χ0v) is 13.0. The Morgan fingerprint density at radius 3 is 2.61 bits per heavy atom. The lowest BCUT2D eigenvalue weighted by molar-refractivity contribution is 0.0918. The van der Waals surface area contributed by atoms with Crippen molar-refractivity contribution >= 4 is 11.7 Å². The van der Waals surface area contributed by atoms with Gasteiger partial charge in [-0.05, 0) is 44.0 Å². The van der Waals surface area contributed by atoms with Crippen LogP contribution in [0.3, 0.4) is 0 Å². The molecule has 1 fully saturated rings. The second-order valence-electron chi connectivity index (χ2n) is 5.56. The topological polar surface area (TPSA) is 55.3 Å². The first kappa shape index (κ1) is 15.4. The van der Waals surface area contributed by atoms with E-state index in [1.54, 1.807) is 6.07 Å². The molecule has 0 amide bonds.